The van der Waals surface area contributed by atoms with Crippen LogP contribution >= 0.6 is 0 Å². The van der Waals surface area contributed by atoms with Crippen molar-refractivity contribution in [3.05, 3.63) is 12.2 Å². The van der Waals surface area contributed by atoms with E-state index in [0.29, 0.717) is 25.7 Å². The summed E-state index contributed by atoms with van der Waals surface area (Å²) >= 11 is 0. The molecule has 0 bridgehead atoms. The topological polar surface area (TPSA) is 206 Å². The van der Waals surface area contributed by atoms with Gasteiger partial charge in [0.2, 0.25) is 10.4 Å². The SMILES string of the molecule is CC(C)[C@H](/C=C/[C@@H](C)[C@H]1C[C@@H](O)[C@@H]2[C@]1(C)CC[C@@H]1[C@@]3(C)CC[C@H](OS(=O)(=O)[O-])C[C@@H]3[C@@H](O)C[C@]12O)O[C@H]1OC[C@@H](O)[C@H](O)[C@H]1O.[Na+]. The number of hydrogen-bond donors (Lipinski definition) is 6. The van der Waals surface area contributed by atoms with Crippen LogP contribution in [-0.2, 0) is 24.1 Å². The zero-order chi connectivity index (χ0) is 33.3. The molecule has 12 nitrogen and oxygen atoms in total. The van der Waals surface area contributed by atoms with Gasteiger partial charge in [-0.1, -0.05) is 46.8 Å². The maximum Gasteiger partial charge on any atom is 1.00 e. The van der Waals surface area contributed by atoms with Crippen LogP contribution in [-0.4, -0.2) is 105 Å². The summed E-state index contributed by atoms with van der Waals surface area (Å²) in [6, 6.07) is 0. The molecule has 16 atom stereocenters. The van der Waals surface area contributed by atoms with Crippen molar-refractivity contribution < 1.29 is 86.8 Å². The molecular formula is C32H53NaO12S. The van der Waals surface area contributed by atoms with Crippen molar-refractivity contribution in [2.45, 2.75) is 134 Å². The summed E-state index contributed by atoms with van der Waals surface area (Å²) < 4.78 is 50.1. The van der Waals surface area contributed by atoms with Crippen molar-refractivity contribution in [2.24, 2.45) is 46.3 Å². The summed E-state index contributed by atoms with van der Waals surface area (Å²) in [6.07, 6.45) is -0.978. The first-order valence-electron chi connectivity index (χ1n) is 16.5. The summed E-state index contributed by atoms with van der Waals surface area (Å²) in [5.74, 6) is -1.00. The Morgan fingerprint density at radius 3 is 2.20 bits per heavy atom. The van der Waals surface area contributed by atoms with E-state index in [1.54, 1.807) is 0 Å². The van der Waals surface area contributed by atoms with Crippen molar-refractivity contribution in [3.8, 4) is 0 Å². The number of ether oxygens (including phenoxy) is 2. The van der Waals surface area contributed by atoms with E-state index in [-0.39, 0.29) is 78.6 Å². The molecule has 0 aromatic heterocycles. The first-order chi connectivity index (χ1) is 20.8. The first kappa shape index (κ1) is 39.1. The molecule has 0 unspecified atom stereocenters. The molecule has 0 radical (unpaired) electrons. The van der Waals surface area contributed by atoms with Crippen molar-refractivity contribution in [1.29, 1.82) is 0 Å². The number of aliphatic hydroxyl groups excluding tert-OH is 5. The fraction of sp³-hybridized carbons (Fsp3) is 0.938. The van der Waals surface area contributed by atoms with Gasteiger partial charge >= 0.3 is 29.6 Å². The van der Waals surface area contributed by atoms with E-state index < -0.39 is 81.8 Å². The molecule has 1 saturated heterocycles. The summed E-state index contributed by atoms with van der Waals surface area (Å²) in [6.45, 7) is 10.0. The van der Waals surface area contributed by atoms with Crippen LogP contribution in [0.3, 0.4) is 0 Å². The van der Waals surface area contributed by atoms with Crippen molar-refractivity contribution >= 4 is 10.4 Å². The van der Waals surface area contributed by atoms with E-state index in [2.05, 4.69) is 13.8 Å². The van der Waals surface area contributed by atoms with Gasteiger partial charge in [0.1, 0.15) is 18.3 Å². The molecule has 4 aliphatic carbocycles. The normalized spacial score (nSPS) is 49.1. The Labute approximate surface area is 295 Å². The second-order valence-electron chi connectivity index (χ2n) is 15.6. The standard InChI is InChI=1S/C32H54O12S.Na/c1-16(2)24(43-29-27(37)26(36)23(35)15-42-29)7-6-17(3)19-13-21(33)28-31(19,5)11-9-25-30(4)10-8-18(44-45(39,40)41)12-20(30)22(34)14-32(25,28)38;/h6-7,16-29,33-38H,8-15H2,1-5H3,(H,39,40,41);/q;+1/p-1/b7-6+;/t17-,18+,19-,20-,21-,22+,23-,24+,25-,26+,27-,28-,29-,30+,31-,32+;/m1./s1. The molecule has 1 heterocycles. The fourth-order valence-corrected chi connectivity index (χ4v) is 11.0. The van der Waals surface area contributed by atoms with Crippen LogP contribution in [0.15, 0.2) is 12.2 Å². The molecule has 5 rings (SSSR count). The van der Waals surface area contributed by atoms with Crippen LogP contribution in [0.1, 0.15) is 79.6 Å². The van der Waals surface area contributed by atoms with Gasteiger partial charge in [0.05, 0.1) is 36.6 Å². The summed E-state index contributed by atoms with van der Waals surface area (Å²) in [5.41, 5.74) is -2.26. The van der Waals surface area contributed by atoms with Crippen LogP contribution in [0.5, 0.6) is 0 Å². The van der Waals surface area contributed by atoms with Gasteiger partial charge in [-0.3, -0.25) is 4.18 Å². The van der Waals surface area contributed by atoms with Gasteiger partial charge in [-0.2, -0.15) is 0 Å². The maximum absolute atomic E-state index is 12.6. The number of allylic oxidation sites excluding steroid dienone is 1. The molecular weight excluding hydrogens is 631 g/mol. The van der Waals surface area contributed by atoms with Crippen molar-refractivity contribution in [2.75, 3.05) is 6.61 Å². The van der Waals surface area contributed by atoms with Crippen molar-refractivity contribution in [1.82, 2.24) is 0 Å². The molecule has 5 aliphatic rings. The predicted octanol–water partition coefficient (Wildman–Crippen LogP) is -1.78. The number of hydrogen-bond acceptors (Lipinski definition) is 12. The molecule has 6 N–H and O–H groups in total. The Morgan fingerprint density at radius 2 is 1.57 bits per heavy atom. The van der Waals surface area contributed by atoms with Gasteiger partial charge < -0.3 is 44.7 Å². The largest absolute Gasteiger partial charge is 1.00 e. The molecule has 14 heteroatoms. The Balaban J connectivity index is 0.00000480. The Hall–Kier alpha value is 0.290. The zero-order valence-electron chi connectivity index (χ0n) is 27.9. The maximum atomic E-state index is 12.6. The molecule has 5 fully saturated rings. The summed E-state index contributed by atoms with van der Waals surface area (Å²) in [5, 5.41) is 65.8. The van der Waals surface area contributed by atoms with Gasteiger partial charge in [0, 0.05) is 12.3 Å². The Kier molecular flexibility index (Phi) is 12.0. The quantitative estimate of drug-likeness (QED) is 0.0727. The van der Waals surface area contributed by atoms with E-state index in [0.717, 1.165) is 6.42 Å². The third kappa shape index (κ3) is 7.08. The molecule has 4 saturated carbocycles. The van der Waals surface area contributed by atoms with Crippen LogP contribution < -0.4 is 29.6 Å². The van der Waals surface area contributed by atoms with Crippen LogP contribution in [0.4, 0.5) is 0 Å². The van der Waals surface area contributed by atoms with E-state index in [9.17, 15) is 43.6 Å². The number of rotatable bonds is 8. The van der Waals surface area contributed by atoms with Crippen molar-refractivity contribution in [3.63, 3.8) is 0 Å². The van der Waals surface area contributed by atoms with E-state index in [1.807, 2.05) is 32.9 Å². The van der Waals surface area contributed by atoms with Gasteiger partial charge in [-0.15, -0.1) is 0 Å². The molecule has 260 valence electrons. The van der Waals surface area contributed by atoms with E-state index in [1.165, 1.54) is 0 Å². The summed E-state index contributed by atoms with van der Waals surface area (Å²) in [7, 11) is -4.87. The third-order valence-electron chi connectivity index (χ3n) is 12.6. The minimum atomic E-state index is -4.87. The second kappa shape index (κ2) is 14.1. The minimum absolute atomic E-state index is 0. The average molecular weight is 685 g/mol. The van der Waals surface area contributed by atoms with E-state index >= 15 is 0 Å². The zero-order valence-corrected chi connectivity index (χ0v) is 30.8. The first-order valence-corrected chi connectivity index (χ1v) is 17.9. The van der Waals surface area contributed by atoms with E-state index in [4.69, 9.17) is 13.7 Å². The smallest absolute Gasteiger partial charge is 0.726 e. The molecule has 46 heavy (non-hydrogen) atoms. The monoisotopic (exact) mass is 684 g/mol. The van der Waals surface area contributed by atoms with Gasteiger partial charge in [-0.05, 0) is 78.9 Å². The summed E-state index contributed by atoms with van der Waals surface area (Å²) in [4.78, 5) is 0. The molecule has 0 aromatic carbocycles. The van der Waals surface area contributed by atoms with Crippen LogP contribution in [0, 0.1) is 46.3 Å². The van der Waals surface area contributed by atoms with Gasteiger partial charge in [-0.25, -0.2) is 8.42 Å². The van der Waals surface area contributed by atoms with Crippen LogP contribution in [0.2, 0.25) is 0 Å². The predicted molar refractivity (Wildman–Crippen MR) is 160 cm³/mol. The fourth-order valence-electron chi connectivity index (χ4n) is 10.5. The molecule has 0 aromatic rings. The Morgan fingerprint density at radius 1 is 0.913 bits per heavy atom. The molecule has 0 amide bonds. The van der Waals surface area contributed by atoms with Crippen LogP contribution in [0.25, 0.3) is 0 Å². The third-order valence-corrected chi connectivity index (χ3v) is 13.1. The number of aliphatic hydroxyl groups is 6. The minimum Gasteiger partial charge on any atom is -0.726 e. The Bertz CT molecular complexity index is 1200. The molecule has 0 spiro atoms. The van der Waals surface area contributed by atoms with Gasteiger partial charge in [0.25, 0.3) is 0 Å². The second-order valence-corrected chi connectivity index (χ2v) is 16.6. The van der Waals surface area contributed by atoms with Gasteiger partial charge in [0.15, 0.2) is 6.29 Å². The molecule has 1 aliphatic heterocycles. The number of fused-ring (bicyclic) bond motifs is 5. The average Bonchev–Trinajstić information content (AvgIpc) is 3.21.